The lowest BCUT2D eigenvalue weighted by atomic mass is 10.1. The van der Waals surface area contributed by atoms with Gasteiger partial charge in [-0.15, -0.1) is 0 Å². The van der Waals surface area contributed by atoms with Crippen molar-refractivity contribution in [3.8, 4) is 0 Å². The molecule has 1 aliphatic rings. The summed E-state index contributed by atoms with van der Waals surface area (Å²) in [7, 11) is 0. The van der Waals surface area contributed by atoms with Crippen LogP contribution in [0.5, 0.6) is 0 Å². The SMILES string of the molecule is CC(C)Cn1cncc1CN1CCC(OCc2ccccn2)CC1. The highest BCUT2D eigenvalue weighted by atomic mass is 16.5. The van der Waals surface area contributed by atoms with Gasteiger partial charge in [-0.1, -0.05) is 19.9 Å². The zero-order chi connectivity index (χ0) is 16.8. The summed E-state index contributed by atoms with van der Waals surface area (Å²) < 4.78 is 8.31. The van der Waals surface area contributed by atoms with E-state index in [0.717, 1.165) is 44.7 Å². The van der Waals surface area contributed by atoms with Crippen molar-refractivity contribution in [1.29, 1.82) is 0 Å². The number of hydrogen-bond acceptors (Lipinski definition) is 4. The minimum atomic E-state index is 0.351. The Balaban J connectivity index is 1.43. The lowest BCUT2D eigenvalue weighted by Gasteiger charge is -2.32. The molecule has 0 aliphatic carbocycles. The molecule has 3 rings (SSSR count). The summed E-state index contributed by atoms with van der Waals surface area (Å²) in [5.41, 5.74) is 2.33. The highest BCUT2D eigenvalue weighted by molar-refractivity contribution is 5.02. The molecule has 1 saturated heterocycles. The van der Waals surface area contributed by atoms with Crippen molar-refractivity contribution in [2.45, 2.75) is 52.5 Å². The smallest absolute Gasteiger partial charge is 0.0948 e. The van der Waals surface area contributed by atoms with E-state index in [2.05, 4.69) is 33.3 Å². The second-order valence-electron chi connectivity index (χ2n) is 7.04. The van der Waals surface area contributed by atoms with Crippen LogP contribution in [0.1, 0.15) is 38.1 Å². The highest BCUT2D eigenvalue weighted by Crippen LogP contribution is 2.17. The molecule has 0 saturated carbocycles. The third kappa shape index (κ3) is 4.89. The van der Waals surface area contributed by atoms with Crippen LogP contribution in [0, 0.1) is 5.92 Å². The van der Waals surface area contributed by atoms with Crippen LogP contribution in [0.2, 0.25) is 0 Å². The molecule has 0 spiro atoms. The van der Waals surface area contributed by atoms with E-state index >= 15 is 0 Å². The van der Waals surface area contributed by atoms with E-state index in [9.17, 15) is 0 Å². The van der Waals surface area contributed by atoms with Crippen LogP contribution in [0.4, 0.5) is 0 Å². The van der Waals surface area contributed by atoms with Gasteiger partial charge in [0.15, 0.2) is 0 Å². The third-order valence-corrected chi connectivity index (χ3v) is 4.47. The molecule has 1 aliphatic heterocycles. The number of likely N-dealkylation sites (tertiary alicyclic amines) is 1. The molecule has 1 fully saturated rings. The molecular formula is C19H28N4O. The Morgan fingerprint density at radius 1 is 1.25 bits per heavy atom. The number of hydrogen-bond donors (Lipinski definition) is 0. The summed E-state index contributed by atoms with van der Waals surface area (Å²) in [4.78, 5) is 11.1. The van der Waals surface area contributed by atoms with Crippen LogP contribution < -0.4 is 0 Å². The van der Waals surface area contributed by atoms with E-state index in [4.69, 9.17) is 4.74 Å². The van der Waals surface area contributed by atoms with Gasteiger partial charge in [0, 0.05) is 38.6 Å². The van der Waals surface area contributed by atoms with E-state index in [-0.39, 0.29) is 0 Å². The van der Waals surface area contributed by atoms with Gasteiger partial charge in [-0.3, -0.25) is 9.88 Å². The number of aromatic nitrogens is 3. The van der Waals surface area contributed by atoms with Gasteiger partial charge in [0.25, 0.3) is 0 Å². The molecule has 0 bridgehead atoms. The van der Waals surface area contributed by atoms with E-state index in [0.29, 0.717) is 18.6 Å². The Morgan fingerprint density at radius 3 is 2.79 bits per heavy atom. The molecule has 2 aromatic rings. The summed E-state index contributed by atoms with van der Waals surface area (Å²) in [6, 6.07) is 5.96. The first kappa shape index (κ1) is 17.1. The van der Waals surface area contributed by atoms with Gasteiger partial charge in [0.1, 0.15) is 0 Å². The summed E-state index contributed by atoms with van der Waals surface area (Å²) in [5, 5.41) is 0. The van der Waals surface area contributed by atoms with Crippen molar-refractivity contribution in [3.05, 3.63) is 48.3 Å². The zero-order valence-corrected chi connectivity index (χ0v) is 14.8. The van der Waals surface area contributed by atoms with Gasteiger partial charge in [-0.05, 0) is 30.9 Å². The van der Waals surface area contributed by atoms with Crippen LogP contribution in [0.25, 0.3) is 0 Å². The first-order valence-corrected chi connectivity index (χ1v) is 8.93. The Kier molecular flexibility index (Phi) is 5.99. The highest BCUT2D eigenvalue weighted by Gasteiger charge is 2.20. The molecular weight excluding hydrogens is 300 g/mol. The number of imidazole rings is 1. The minimum Gasteiger partial charge on any atom is -0.372 e. The van der Waals surface area contributed by atoms with E-state index < -0.39 is 0 Å². The lowest BCUT2D eigenvalue weighted by Crippen LogP contribution is -2.37. The van der Waals surface area contributed by atoms with Crippen LogP contribution in [-0.4, -0.2) is 38.6 Å². The van der Waals surface area contributed by atoms with Gasteiger partial charge in [0.05, 0.1) is 30.4 Å². The van der Waals surface area contributed by atoms with Gasteiger partial charge >= 0.3 is 0 Å². The number of nitrogens with zero attached hydrogens (tertiary/aromatic N) is 4. The molecule has 0 N–H and O–H groups in total. The van der Waals surface area contributed by atoms with Crippen molar-refractivity contribution < 1.29 is 4.74 Å². The van der Waals surface area contributed by atoms with Gasteiger partial charge < -0.3 is 9.30 Å². The maximum atomic E-state index is 6.02. The Labute approximate surface area is 144 Å². The number of piperidine rings is 1. The molecule has 0 atom stereocenters. The van der Waals surface area contributed by atoms with Crippen molar-refractivity contribution >= 4 is 0 Å². The fourth-order valence-corrected chi connectivity index (χ4v) is 3.19. The van der Waals surface area contributed by atoms with E-state index in [1.54, 1.807) is 0 Å². The topological polar surface area (TPSA) is 43.2 Å². The largest absolute Gasteiger partial charge is 0.372 e. The summed E-state index contributed by atoms with van der Waals surface area (Å²) in [6.07, 6.45) is 8.31. The first-order valence-electron chi connectivity index (χ1n) is 8.93. The maximum Gasteiger partial charge on any atom is 0.0948 e. The molecule has 3 heterocycles. The fourth-order valence-electron chi connectivity index (χ4n) is 3.19. The van der Waals surface area contributed by atoms with Crippen molar-refractivity contribution in [2.24, 2.45) is 5.92 Å². The van der Waals surface area contributed by atoms with Crippen LogP contribution in [-0.2, 0) is 24.4 Å². The molecule has 2 aromatic heterocycles. The molecule has 0 unspecified atom stereocenters. The van der Waals surface area contributed by atoms with Crippen molar-refractivity contribution in [3.63, 3.8) is 0 Å². The van der Waals surface area contributed by atoms with Crippen LogP contribution >= 0.6 is 0 Å². The fraction of sp³-hybridized carbons (Fsp3) is 0.579. The quantitative estimate of drug-likeness (QED) is 0.783. The van der Waals surface area contributed by atoms with E-state index in [1.807, 2.05) is 36.9 Å². The monoisotopic (exact) mass is 328 g/mol. The summed E-state index contributed by atoms with van der Waals surface area (Å²) in [6.45, 7) is 9.30. The third-order valence-electron chi connectivity index (χ3n) is 4.47. The second-order valence-corrected chi connectivity index (χ2v) is 7.04. The Morgan fingerprint density at radius 2 is 2.08 bits per heavy atom. The van der Waals surface area contributed by atoms with E-state index in [1.165, 1.54) is 5.69 Å². The number of pyridine rings is 1. The number of rotatable bonds is 7. The number of ether oxygens (including phenoxy) is 1. The van der Waals surface area contributed by atoms with Crippen molar-refractivity contribution in [2.75, 3.05) is 13.1 Å². The van der Waals surface area contributed by atoms with Crippen LogP contribution in [0.15, 0.2) is 36.9 Å². The van der Waals surface area contributed by atoms with Gasteiger partial charge in [-0.2, -0.15) is 0 Å². The zero-order valence-electron chi connectivity index (χ0n) is 14.8. The molecule has 24 heavy (non-hydrogen) atoms. The molecule has 0 radical (unpaired) electrons. The average Bonchev–Trinajstić information content (AvgIpc) is 3.01. The van der Waals surface area contributed by atoms with Gasteiger partial charge in [-0.25, -0.2) is 4.98 Å². The minimum absolute atomic E-state index is 0.351. The normalized spacial score (nSPS) is 16.8. The molecule has 130 valence electrons. The Bertz CT molecular complexity index is 603. The predicted octanol–water partition coefficient (Wildman–Crippen LogP) is 3.12. The average molecular weight is 328 g/mol. The molecule has 5 heteroatoms. The lowest BCUT2D eigenvalue weighted by molar-refractivity contribution is -0.00561. The molecule has 5 nitrogen and oxygen atoms in total. The standard InChI is InChI=1S/C19H28N4O/c1-16(2)12-23-15-20-11-18(23)13-22-9-6-19(7-10-22)24-14-17-5-3-4-8-21-17/h3-5,8,11,15-16,19H,6-7,9-10,12-14H2,1-2H3. The second kappa shape index (κ2) is 8.40. The predicted molar refractivity (Wildman–Crippen MR) is 94.4 cm³/mol. The molecule has 0 amide bonds. The summed E-state index contributed by atoms with van der Waals surface area (Å²) >= 11 is 0. The van der Waals surface area contributed by atoms with Crippen LogP contribution in [0.3, 0.4) is 0 Å². The molecule has 0 aromatic carbocycles. The Hall–Kier alpha value is -1.72. The van der Waals surface area contributed by atoms with Crippen molar-refractivity contribution in [1.82, 2.24) is 19.4 Å². The van der Waals surface area contributed by atoms with Gasteiger partial charge in [0.2, 0.25) is 0 Å². The maximum absolute atomic E-state index is 6.02. The summed E-state index contributed by atoms with van der Waals surface area (Å²) in [5.74, 6) is 0.642. The first-order chi connectivity index (χ1) is 11.7.